The van der Waals surface area contributed by atoms with Crippen LogP contribution >= 0.6 is 0 Å². The molecule has 0 bridgehead atoms. The van der Waals surface area contributed by atoms with Crippen LogP contribution in [0, 0.1) is 13.8 Å². The smallest absolute Gasteiger partial charge is 0.119 e. The number of hydrogen-bond acceptors (Lipinski definition) is 2. The maximum absolute atomic E-state index is 5.73. The molecule has 2 heteroatoms. The van der Waals surface area contributed by atoms with Gasteiger partial charge in [-0.1, -0.05) is 31.2 Å². The van der Waals surface area contributed by atoms with E-state index < -0.39 is 0 Å². The first-order valence-corrected chi connectivity index (χ1v) is 7.22. The minimum atomic E-state index is 0.666. The molecule has 0 aliphatic heterocycles. The summed E-state index contributed by atoms with van der Waals surface area (Å²) in [7, 11) is 0. The van der Waals surface area contributed by atoms with Crippen LogP contribution in [0.4, 0.5) is 5.69 Å². The van der Waals surface area contributed by atoms with Crippen molar-refractivity contribution in [2.24, 2.45) is 0 Å². The minimum absolute atomic E-state index is 0.666. The molecule has 0 atom stereocenters. The van der Waals surface area contributed by atoms with Crippen molar-refractivity contribution in [2.75, 3.05) is 18.5 Å². The molecule has 0 aromatic heterocycles. The maximum atomic E-state index is 5.73. The number of hydrogen-bond donors (Lipinski definition) is 1. The lowest BCUT2D eigenvalue weighted by molar-refractivity contribution is 0.333. The van der Waals surface area contributed by atoms with Crippen molar-refractivity contribution in [1.29, 1.82) is 0 Å². The van der Waals surface area contributed by atoms with Gasteiger partial charge in [0, 0.05) is 12.2 Å². The fraction of sp³-hybridized carbons (Fsp3) is 0.333. The highest BCUT2D eigenvalue weighted by molar-refractivity contribution is 5.52. The average Bonchev–Trinajstić information content (AvgIpc) is 2.47. The predicted molar refractivity (Wildman–Crippen MR) is 85.7 cm³/mol. The van der Waals surface area contributed by atoms with E-state index in [9.17, 15) is 0 Å². The van der Waals surface area contributed by atoms with Gasteiger partial charge in [-0.25, -0.2) is 0 Å². The first-order valence-electron chi connectivity index (χ1n) is 7.22. The Hall–Kier alpha value is -1.96. The molecule has 0 aliphatic rings. The summed E-state index contributed by atoms with van der Waals surface area (Å²) in [5, 5.41) is 3.42. The summed E-state index contributed by atoms with van der Waals surface area (Å²) in [6.07, 6.45) is 1.06. The number of nitrogens with one attached hydrogen (secondary N) is 1. The van der Waals surface area contributed by atoms with Gasteiger partial charge in [0.2, 0.25) is 0 Å². The lowest BCUT2D eigenvalue weighted by Gasteiger charge is -2.11. The van der Waals surface area contributed by atoms with E-state index in [4.69, 9.17) is 4.74 Å². The van der Waals surface area contributed by atoms with Gasteiger partial charge in [0.05, 0.1) is 0 Å². The second kappa shape index (κ2) is 6.99. The molecule has 20 heavy (non-hydrogen) atoms. The molecular weight excluding hydrogens is 246 g/mol. The zero-order valence-electron chi connectivity index (χ0n) is 12.6. The fourth-order valence-corrected chi connectivity index (χ4v) is 2.10. The van der Waals surface area contributed by atoms with Crippen LogP contribution in [-0.2, 0) is 6.42 Å². The monoisotopic (exact) mass is 269 g/mol. The second-order valence-electron chi connectivity index (χ2n) is 5.09. The van der Waals surface area contributed by atoms with Gasteiger partial charge in [-0.05, 0) is 55.2 Å². The Morgan fingerprint density at radius 2 is 1.75 bits per heavy atom. The van der Waals surface area contributed by atoms with Gasteiger partial charge in [-0.3, -0.25) is 0 Å². The quantitative estimate of drug-likeness (QED) is 0.787. The third-order valence-corrected chi connectivity index (χ3v) is 3.41. The van der Waals surface area contributed by atoms with Gasteiger partial charge in [0.15, 0.2) is 0 Å². The molecule has 0 fully saturated rings. The first-order chi connectivity index (χ1) is 9.69. The third kappa shape index (κ3) is 4.02. The van der Waals surface area contributed by atoms with Gasteiger partial charge in [0.1, 0.15) is 12.4 Å². The van der Waals surface area contributed by atoms with Gasteiger partial charge in [-0.15, -0.1) is 0 Å². The molecule has 0 spiro atoms. The lowest BCUT2D eigenvalue weighted by Crippen LogP contribution is -2.12. The van der Waals surface area contributed by atoms with Crippen LogP contribution < -0.4 is 10.1 Å². The van der Waals surface area contributed by atoms with Gasteiger partial charge in [-0.2, -0.15) is 0 Å². The highest BCUT2D eigenvalue weighted by Gasteiger charge is 1.98. The summed E-state index contributed by atoms with van der Waals surface area (Å²) in [6.45, 7) is 7.85. The maximum Gasteiger partial charge on any atom is 0.119 e. The number of anilines is 1. The van der Waals surface area contributed by atoms with Crippen molar-refractivity contribution in [2.45, 2.75) is 27.2 Å². The Morgan fingerprint density at radius 3 is 2.45 bits per heavy atom. The normalized spacial score (nSPS) is 10.3. The van der Waals surface area contributed by atoms with E-state index in [1.165, 1.54) is 22.4 Å². The van der Waals surface area contributed by atoms with Crippen LogP contribution in [-0.4, -0.2) is 13.2 Å². The Bertz CT molecular complexity index is 546. The Labute approximate surface area is 121 Å². The molecule has 106 valence electrons. The minimum Gasteiger partial charge on any atom is -0.492 e. The Balaban J connectivity index is 1.79. The van der Waals surface area contributed by atoms with Crippen LogP contribution in [0.1, 0.15) is 23.6 Å². The molecule has 2 aromatic rings. The molecule has 0 unspecified atom stereocenters. The highest BCUT2D eigenvalue weighted by atomic mass is 16.5. The fourth-order valence-electron chi connectivity index (χ4n) is 2.10. The summed E-state index contributed by atoms with van der Waals surface area (Å²) in [5.41, 5.74) is 5.07. The lowest BCUT2D eigenvalue weighted by atomic mass is 10.1. The van der Waals surface area contributed by atoms with E-state index >= 15 is 0 Å². The van der Waals surface area contributed by atoms with E-state index in [2.05, 4.69) is 56.4 Å². The topological polar surface area (TPSA) is 21.3 Å². The summed E-state index contributed by atoms with van der Waals surface area (Å²) in [5.74, 6) is 0.935. The van der Waals surface area contributed by atoms with Gasteiger partial charge < -0.3 is 10.1 Å². The van der Waals surface area contributed by atoms with Crippen LogP contribution in [0.2, 0.25) is 0 Å². The largest absolute Gasteiger partial charge is 0.492 e. The van der Waals surface area contributed by atoms with Gasteiger partial charge >= 0.3 is 0 Å². The van der Waals surface area contributed by atoms with Crippen molar-refractivity contribution in [1.82, 2.24) is 0 Å². The SMILES string of the molecule is CCc1ccc(OCCNc2cc(C)ccc2C)cc1. The summed E-state index contributed by atoms with van der Waals surface area (Å²) >= 11 is 0. The Morgan fingerprint density at radius 1 is 1.00 bits per heavy atom. The van der Waals surface area contributed by atoms with Crippen molar-refractivity contribution in [3.05, 3.63) is 59.2 Å². The van der Waals surface area contributed by atoms with E-state index in [1.807, 2.05) is 12.1 Å². The molecule has 0 amide bonds. The number of aryl methyl sites for hydroxylation is 3. The molecule has 0 heterocycles. The van der Waals surface area contributed by atoms with Crippen molar-refractivity contribution < 1.29 is 4.74 Å². The van der Waals surface area contributed by atoms with Gasteiger partial charge in [0.25, 0.3) is 0 Å². The molecule has 1 N–H and O–H groups in total. The number of rotatable bonds is 6. The number of benzene rings is 2. The van der Waals surface area contributed by atoms with Crippen LogP contribution in [0.25, 0.3) is 0 Å². The third-order valence-electron chi connectivity index (χ3n) is 3.41. The first kappa shape index (κ1) is 14.4. The van der Waals surface area contributed by atoms with Crippen molar-refractivity contribution in [3.8, 4) is 5.75 Å². The van der Waals surface area contributed by atoms with Crippen LogP contribution in [0.3, 0.4) is 0 Å². The summed E-state index contributed by atoms with van der Waals surface area (Å²) < 4.78 is 5.73. The molecular formula is C18H23NO. The molecule has 2 rings (SSSR count). The molecule has 0 saturated heterocycles. The molecule has 0 radical (unpaired) electrons. The summed E-state index contributed by atoms with van der Waals surface area (Å²) in [4.78, 5) is 0. The molecule has 0 saturated carbocycles. The van der Waals surface area contributed by atoms with Crippen molar-refractivity contribution >= 4 is 5.69 Å². The average molecular weight is 269 g/mol. The second-order valence-corrected chi connectivity index (χ2v) is 5.09. The van der Waals surface area contributed by atoms with Crippen LogP contribution in [0.5, 0.6) is 5.75 Å². The predicted octanol–water partition coefficient (Wildman–Crippen LogP) is 4.36. The summed E-state index contributed by atoms with van der Waals surface area (Å²) in [6, 6.07) is 14.8. The zero-order chi connectivity index (χ0) is 14.4. The molecule has 2 aromatic carbocycles. The highest BCUT2D eigenvalue weighted by Crippen LogP contribution is 2.16. The number of ether oxygens (including phenoxy) is 1. The van der Waals surface area contributed by atoms with E-state index in [0.717, 1.165) is 18.7 Å². The molecule has 2 nitrogen and oxygen atoms in total. The van der Waals surface area contributed by atoms with Crippen LogP contribution in [0.15, 0.2) is 42.5 Å². The zero-order valence-corrected chi connectivity index (χ0v) is 12.6. The van der Waals surface area contributed by atoms with E-state index in [0.29, 0.717) is 6.61 Å². The Kier molecular flexibility index (Phi) is 5.05. The van der Waals surface area contributed by atoms with E-state index in [-0.39, 0.29) is 0 Å². The van der Waals surface area contributed by atoms with Crippen molar-refractivity contribution in [3.63, 3.8) is 0 Å². The molecule has 0 aliphatic carbocycles. The van der Waals surface area contributed by atoms with E-state index in [1.54, 1.807) is 0 Å². The standard InChI is InChI=1S/C18H23NO/c1-4-16-7-9-17(10-8-16)20-12-11-19-18-13-14(2)5-6-15(18)3/h5-10,13,19H,4,11-12H2,1-3H3.